The van der Waals surface area contributed by atoms with Crippen molar-refractivity contribution in [3.8, 4) is 11.3 Å². The van der Waals surface area contributed by atoms with Gasteiger partial charge in [0.25, 0.3) is 0 Å². The summed E-state index contributed by atoms with van der Waals surface area (Å²) < 4.78 is 2.27. The number of para-hydroxylation sites is 1. The van der Waals surface area contributed by atoms with Gasteiger partial charge in [0.05, 0.1) is 22.4 Å². The summed E-state index contributed by atoms with van der Waals surface area (Å²) in [6, 6.07) is 11.4. The number of carboxylic acid groups (broad SMARTS) is 1. The SMILES string of the molecule is CC1(C)C(=O)N2CCn3c(c(C4CCCCC4)c4ccc(C(=O)O)cc43)-c3cccc(c32)[C@@H]1N. The molecule has 1 fully saturated rings. The van der Waals surface area contributed by atoms with Crippen LogP contribution in [0.3, 0.4) is 0 Å². The maximum absolute atomic E-state index is 13.6. The van der Waals surface area contributed by atoms with Gasteiger partial charge in [-0.15, -0.1) is 0 Å². The Hall–Kier alpha value is -3.12. The molecule has 3 aromatic rings. The largest absolute Gasteiger partial charge is 0.478 e. The monoisotopic (exact) mass is 457 g/mol. The van der Waals surface area contributed by atoms with Gasteiger partial charge >= 0.3 is 5.97 Å². The van der Waals surface area contributed by atoms with Crippen molar-refractivity contribution in [1.82, 2.24) is 4.57 Å². The van der Waals surface area contributed by atoms with Crippen molar-refractivity contribution in [3.05, 3.63) is 53.1 Å². The standard InChI is InChI=1S/C28H31N3O3/c1-28(2)25(29)20-10-6-9-19-23(20)31(27(28)34)14-13-30-21-15-17(26(32)33)11-12-18(21)22(24(19)30)16-7-4-3-5-8-16/h6,9-12,15-16,25H,3-5,7-8,13-14,29H2,1-2H3,(H,32,33)/t25-/m0/s1. The van der Waals surface area contributed by atoms with Crippen LogP contribution >= 0.6 is 0 Å². The van der Waals surface area contributed by atoms with E-state index in [2.05, 4.69) is 22.8 Å². The van der Waals surface area contributed by atoms with Crippen LogP contribution in [-0.4, -0.2) is 28.1 Å². The Balaban J connectivity index is 1.69. The van der Waals surface area contributed by atoms with E-state index < -0.39 is 11.4 Å². The molecule has 3 N–H and O–H groups in total. The van der Waals surface area contributed by atoms with Crippen LogP contribution in [0.15, 0.2) is 36.4 Å². The quantitative estimate of drug-likeness (QED) is 0.536. The normalized spacial score (nSPS) is 21.8. The van der Waals surface area contributed by atoms with Crippen molar-refractivity contribution in [3.63, 3.8) is 0 Å². The first kappa shape index (κ1) is 21.4. The van der Waals surface area contributed by atoms with Crippen LogP contribution in [0, 0.1) is 5.41 Å². The third-order valence-corrected chi connectivity index (χ3v) is 8.41. The Morgan fingerprint density at radius 3 is 2.59 bits per heavy atom. The number of rotatable bonds is 2. The van der Waals surface area contributed by atoms with Gasteiger partial charge in [0.1, 0.15) is 0 Å². The molecular formula is C28H31N3O3. The molecule has 176 valence electrons. The fraction of sp³-hybridized carbons (Fsp3) is 0.429. The molecule has 1 amide bonds. The van der Waals surface area contributed by atoms with E-state index in [0.717, 1.165) is 46.3 Å². The zero-order valence-corrected chi connectivity index (χ0v) is 19.8. The lowest BCUT2D eigenvalue weighted by atomic mass is 9.74. The molecule has 2 aromatic carbocycles. The predicted molar refractivity (Wildman–Crippen MR) is 133 cm³/mol. The summed E-state index contributed by atoms with van der Waals surface area (Å²) >= 11 is 0. The van der Waals surface area contributed by atoms with Crippen molar-refractivity contribution in [2.45, 2.75) is 64.5 Å². The van der Waals surface area contributed by atoms with Crippen LogP contribution in [0.1, 0.15) is 79.4 Å². The Bertz CT molecular complexity index is 1350. The topological polar surface area (TPSA) is 88.6 Å². The summed E-state index contributed by atoms with van der Waals surface area (Å²) in [5.74, 6) is -0.439. The van der Waals surface area contributed by atoms with Crippen LogP contribution in [-0.2, 0) is 11.3 Å². The summed E-state index contributed by atoms with van der Waals surface area (Å²) in [4.78, 5) is 27.4. The number of carboxylic acids is 1. The fourth-order valence-corrected chi connectivity index (χ4v) is 6.53. The second-order valence-electron chi connectivity index (χ2n) is 10.7. The Kier molecular flexibility index (Phi) is 4.69. The van der Waals surface area contributed by atoms with E-state index in [1.165, 1.54) is 24.8 Å². The summed E-state index contributed by atoms with van der Waals surface area (Å²) in [5.41, 5.74) is 12.7. The van der Waals surface area contributed by atoms with Crippen molar-refractivity contribution in [2.75, 3.05) is 11.4 Å². The smallest absolute Gasteiger partial charge is 0.335 e. The number of carbonyl (C=O) groups excluding carboxylic acids is 1. The number of carbonyl (C=O) groups is 2. The molecule has 2 aliphatic heterocycles. The van der Waals surface area contributed by atoms with Crippen LogP contribution in [0.2, 0.25) is 0 Å². The Labute approximate surface area is 199 Å². The molecule has 6 rings (SSSR count). The first-order chi connectivity index (χ1) is 16.3. The molecule has 3 aliphatic rings. The minimum absolute atomic E-state index is 0.0560. The summed E-state index contributed by atoms with van der Waals surface area (Å²) in [6.45, 7) is 5.02. The molecule has 1 aromatic heterocycles. The molecule has 0 saturated heterocycles. The number of aromatic nitrogens is 1. The zero-order chi connectivity index (χ0) is 23.8. The van der Waals surface area contributed by atoms with E-state index in [9.17, 15) is 14.7 Å². The van der Waals surface area contributed by atoms with Gasteiger partial charge in [0.15, 0.2) is 0 Å². The molecule has 6 heteroatoms. The number of nitrogens with zero attached hydrogens (tertiary/aromatic N) is 2. The van der Waals surface area contributed by atoms with Crippen molar-refractivity contribution < 1.29 is 14.7 Å². The third-order valence-electron chi connectivity index (χ3n) is 8.41. The molecule has 6 nitrogen and oxygen atoms in total. The minimum atomic E-state index is -0.921. The lowest BCUT2D eigenvalue weighted by molar-refractivity contribution is -0.128. The number of fused-ring (bicyclic) bond motifs is 4. The van der Waals surface area contributed by atoms with E-state index in [1.807, 2.05) is 30.9 Å². The highest BCUT2D eigenvalue weighted by Gasteiger charge is 2.47. The second-order valence-corrected chi connectivity index (χ2v) is 10.7. The molecule has 1 atom stereocenters. The van der Waals surface area contributed by atoms with Gasteiger partial charge in [-0.2, -0.15) is 0 Å². The number of amides is 1. The molecule has 3 heterocycles. The summed E-state index contributed by atoms with van der Waals surface area (Å²) in [7, 11) is 0. The second kappa shape index (κ2) is 7.44. The van der Waals surface area contributed by atoms with Gasteiger partial charge in [-0.1, -0.05) is 43.5 Å². The van der Waals surface area contributed by atoms with Gasteiger partial charge in [-0.25, -0.2) is 4.79 Å². The van der Waals surface area contributed by atoms with E-state index in [1.54, 1.807) is 6.07 Å². The number of nitrogens with two attached hydrogens (primary N) is 1. The molecular weight excluding hydrogens is 426 g/mol. The number of hydrogen-bond acceptors (Lipinski definition) is 3. The minimum Gasteiger partial charge on any atom is -0.478 e. The first-order valence-electron chi connectivity index (χ1n) is 12.4. The van der Waals surface area contributed by atoms with Gasteiger partial charge in [-0.3, -0.25) is 4.79 Å². The number of hydrogen-bond donors (Lipinski definition) is 2. The first-order valence-corrected chi connectivity index (χ1v) is 12.4. The Morgan fingerprint density at radius 2 is 1.85 bits per heavy atom. The maximum atomic E-state index is 13.6. The average molecular weight is 458 g/mol. The van der Waals surface area contributed by atoms with Crippen LogP contribution in [0.25, 0.3) is 22.2 Å². The molecule has 0 unspecified atom stereocenters. The van der Waals surface area contributed by atoms with Crippen LogP contribution in [0.5, 0.6) is 0 Å². The zero-order valence-electron chi connectivity index (χ0n) is 19.8. The van der Waals surface area contributed by atoms with Gasteiger partial charge in [-0.05, 0) is 55.9 Å². The van der Waals surface area contributed by atoms with Crippen LogP contribution in [0.4, 0.5) is 5.69 Å². The van der Waals surface area contributed by atoms with E-state index in [-0.39, 0.29) is 11.9 Å². The van der Waals surface area contributed by atoms with Crippen LogP contribution < -0.4 is 10.6 Å². The molecule has 1 saturated carbocycles. The van der Waals surface area contributed by atoms with Gasteiger partial charge in [0.2, 0.25) is 5.91 Å². The Morgan fingerprint density at radius 1 is 1.09 bits per heavy atom. The highest BCUT2D eigenvalue weighted by Crippen LogP contribution is 2.52. The summed E-state index contributed by atoms with van der Waals surface area (Å²) in [5, 5.41) is 10.8. The number of benzene rings is 2. The van der Waals surface area contributed by atoms with E-state index in [0.29, 0.717) is 24.6 Å². The van der Waals surface area contributed by atoms with E-state index in [4.69, 9.17) is 5.73 Å². The lowest BCUT2D eigenvalue weighted by Crippen LogP contribution is -2.51. The molecule has 0 bridgehead atoms. The fourth-order valence-electron chi connectivity index (χ4n) is 6.53. The summed E-state index contributed by atoms with van der Waals surface area (Å²) in [6.07, 6.45) is 5.95. The van der Waals surface area contributed by atoms with Gasteiger partial charge < -0.3 is 20.3 Å². The highest BCUT2D eigenvalue weighted by molar-refractivity contribution is 6.07. The predicted octanol–water partition coefficient (Wildman–Crippen LogP) is 5.44. The van der Waals surface area contributed by atoms with E-state index >= 15 is 0 Å². The maximum Gasteiger partial charge on any atom is 0.335 e. The van der Waals surface area contributed by atoms with Crippen molar-refractivity contribution >= 4 is 28.5 Å². The molecule has 34 heavy (non-hydrogen) atoms. The highest BCUT2D eigenvalue weighted by atomic mass is 16.4. The van der Waals surface area contributed by atoms with Crippen molar-refractivity contribution in [1.29, 1.82) is 0 Å². The average Bonchev–Trinajstić information content (AvgIpc) is 3.06. The molecule has 1 aliphatic carbocycles. The molecule has 0 spiro atoms. The van der Waals surface area contributed by atoms with Gasteiger partial charge in [0, 0.05) is 35.6 Å². The molecule has 0 radical (unpaired) electrons. The van der Waals surface area contributed by atoms with Crippen molar-refractivity contribution in [2.24, 2.45) is 11.1 Å². The third kappa shape index (κ3) is 2.84. The lowest BCUT2D eigenvalue weighted by Gasteiger charge is -2.43. The number of aromatic carboxylic acids is 1. The number of anilines is 1.